The van der Waals surface area contributed by atoms with E-state index in [1.165, 1.54) is 30.7 Å². The number of hydrogen-bond acceptors (Lipinski definition) is 4. The van der Waals surface area contributed by atoms with Crippen LogP contribution in [0.15, 0.2) is 48.5 Å². The number of amides is 2. The molecule has 140 valence electrons. The molecular formula is C20H21N3O4. The van der Waals surface area contributed by atoms with Crippen LogP contribution in [0.5, 0.6) is 0 Å². The monoisotopic (exact) mass is 367 g/mol. The molecule has 0 atom stereocenters. The average Bonchev–Trinajstić information content (AvgIpc) is 2.69. The Hall–Kier alpha value is -3.22. The Morgan fingerprint density at radius 2 is 1.59 bits per heavy atom. The van der Waals surface area contributed by atoms with Gasteiger partial charge in [-0.3, -0.25) is 19.7 Å². The second kappa shape index (κ2) is 8.44. The Labute approximate surface area is 156 Å². The van der Waals surface area contributed by atoms with E-state index in [0.717, 1.165) is 25.7 Å². The molecule has 2 aromatic rings. The second-order valence-corrected chi connectivity index (χ2v) is 6.61. The molecule has 0 aliphatic heterocycles. The van der Waals surface area contributed by atoms with Crippen LogP contribution in [-0.2, 0) is 0 Å². The van der Waals surface area contributed by atoms with Gasteiger partial charge in [-0.2, -0.15) is 0 Å². The number of nitro benzene ring substituents is 1. The van der Waals surface area contributed by atoms with Crippen LogP contribution >= 0.6 is 0 Å². The Bertz CT molecular complexity index is 843. The summed E-state index contributed by atoms with van der Waals surface area (Å²) in [7, 11) is 0. The molecule has 0 aromatic heterocycles. The smallest absolute Gasteiger partial charge is 0.269 e. The molecule has 2 N–H and O–H groups in total. The second-order valence-electron chi connectivity index (χ2n) is 6.61. The summed E-state index contributed by atoms with van der Waals surface area (Å²) >= 11 is 0. The van der Waals surface area contributed by atoms with Gasteiger partial charge < -0.3 is 10.6 Å². The average molecular weight is 367 g/mol. The number of nitro groups is 1. The fourth-order valence-electron chi connectivity index (χ4n) is 3.23. The first kappa shape index (κ1) is 18.6. The van der Waals surface area contributed by atoms with Crippen molar-refractivity contribution in [2.24, 2.45) is 0 Å². The number of nitrogens with one attached hydrogen (secondary N) is 2. The van der Waals surface area contributed by atoms with Crippen molar-refractivity contribution < 1.29 is 14.5 Å². The third kappa shape index (κ3) is 4.69. The van der Waals surface area contributed by atoms with Crippen molar-refractivity contribution >= 4 is 23.2 Å². The SMILES string of the molecule is O=C(Nc1ccccc1C(=O)NC1CCCCC1)c1ccc([N+](=O)[O-])cc1. The molecule has 1 fully saturated rings. The normalized spacial score (nSPS) is 14.4. The number of anilines is 1. The minimum atomic E-state index is -0.521. The molecule has 1 aliphatic rings. The summed E-state index contributed by atoms with van der Waals surface area (Å²) in [6, 6.07) is 12.3. The zero-order valence-corrected chi connectivity index (χ0v) is 14.8. The topological polar surface area (TPSA) is 101 Å². The highest BCUT2D eigenvalue weighted by molar-refractivity contribution is 6.09. The van der Waals surface area contributed by atoms with Crippen LogP contribution in [0.1, 0.15) is 52.8 Å². The molecule has 27 heavy (non-hydrogen) atoms. The Morgan fingerprint density at radius 1 is 0.926 bits per heavy atom. The van der Waals surface area contributed by atoms with E-state index in [9.17, 15) is 19.7 Å². The van der Waals surface area contributed by atoms with Crippen molar-refractivity contribution in [3.63, 3.8) is 0 Å². The molecule has 0 unspecified atom stereocenters. The largest absolute Gasteiger partial charge is 0.349 e. The highest BCUT2D eigenvalue weighted by Crippen LogP contribution is 2.21. The van der Waals surface area contributed by atoms with Crippen molar-refractivity contribution in [2.45, 2.75) is 38.1 Å². The molecule has 3 rings (SSSR count). The zero-order valence-electron chi connectivity index (χ0n) is 14.8. The number of carbonyl (C=O) groups excluding carboxylic acids is 2. The maximum atomic E-state index is 12.6. The van der Waals surface area contributed by atoms with Crippen molar-refractivity contribution in [1.82, 2.24) is 5.32 Å². The number of rotatable bonds is 5. The summed E-state index contributed by atoms with van der Waals surface area (Å²) in [4.78, 5) is 35.3. The minimum absolute atomic E-state index is 0.0844. The molecule has 0 radical (unpaired) electrons. The summed E-state index contributed by atoms with van der Waals surface area (Å²) in [5.41, 5.74) is 1.01. The van der Waals surface area contributed by atoms with Crippen LogP contribution in [0.25, 0.3) is 0 Å². The third-order valence-electron chi connectivity index (χ3n) is 4.70. The molecule has 0 spiro atoms. The van der Waals surface area contributed by atoms with Gasteiger partial charge in [-0.1, -0.05) is 31.4 Å². The van der Waals surface area contributed by atoms with Gasteiger partial charge in [0.1, 0.15) is 0 Å². The predicted molar refractivity (Wildman–Crippen MR) is 102 cm³/mol. The van der Waals surface area contributed by atoms with E-state index < -0.39 is 10.8 Å². The van der Waals surface area contributed by atoms with Gasteiger partial charge in [0.05, 0.1) is 16.2 Å². The van der Waals surface area contributed by atoms with E-state index >= 15 is 0 Å². The van der Waals surface area contributed by atoms with Gasteiger partial charge >= 0.3 is 0 Å². The number of carbonyl (C=O) groups is 2. The molecule has 0 saturated heterocycles. The fourth-order valence-corrected chi connectivity index (χ4v) is 3.23. The summed E-state index contributed by atoms with van der Waals surface area (Å²) in [6.45, 7) is 0. The summed E-state index contributed by atoms with van der Waals surface area (Å²) in [5, 5.41) is 16.5. The number of nitrogens with zero attached hydrogens (tertiary/aromatic N) is 1. The molecule has 7 nitrogen and oxygen atoms in total. The molecule has 0 heterocycles. The van der Waals surface area contributed by atoms with Gasteiger partial charge in [0, 0.05) is 23.7 Å². The van der Waals surface area contributed by atoms with Crippen LogP contribution < -0.4 is 10.6 Å². The van der Waals surface area contributed by atoms with E-state index in [4.69, 9.17) is 0 Å². The quantitative estimate of drug-likeness (QED) is 0.618. The van der Waals surface area contributed by atoms with E-state index in [1.54, 1.807) is 24.3 Å². The van der Waals surface area contributed by atoms with E-state index in [1.807, 2.05) is 0 Å². The first-order chi connectivity index (χ1) is 13.0. The Kier molecular flexibility index (Phi) is 5.80. The maximum Gasteiger partial charge on any atom is 0.269 e. The van der Waals surface area contributed by atoms with Crippen molar-refractivity contribution in [1.29, 1.82) is 0 Å². The number of non-ortho nitro benzene ring substituents is 1. The lowest BCUT2D eigenvalue weighted by Gasteiger charge is -2.23. The number of benzene rings is 2. The Morgan fingerprint density at radius 3 is 2.26 bits per heavy atom. The van der Waals surface area contributed by atoms with Gasteiger partial charge in [-0.05, 0) is 37.1 Å². The van der Waals surface area contributed by atoms with Gasteiger partial charge in [0.15, 0.2) is 0 Å². The standard InChI is InChI=1S/C20H21N3O4/c24-19(14-10-12-16(13-11-14)23(26)27)22-18-9-5-4-8-17(18)20(25)21-15-6-2-1-3-7-15/h4-5,8-13,15H,1-3,6-7H2,(H,21,25)(H,22,24). The molecule has 7 heteroatoms. The Balaban J connectivity index is 1.72. The first-order valence-corrected chi connectivity index (χ1v) is 9.00. The fraction of sp³-hybridized carbons (Fsp3) is 0.300. The van der Waals surface area contributed by atoms with Crippen molar-refractivity contribution in [2.75, 3.05) is 5.32 Å². The van der Waals surface area contributed by atoms with Crippen LogP contribution in [0, 0.1) is 10.1 Å². The van der Waals surface area contributed by atoms with Crippen LogP contribution in [-0.4, -0.2) is 22.8 Å². The molecule has 2 amide bonds. The maximum absolute atomic E-state index is 12.6. The minimum Gasteiger partial charge on any atom is -0.349 e. The van der Waals surface area contributed by atoms with Gasteiger partial charge in [-0.25, -0.2) is 0 Å². The number of hydrogen-bond donors (Lipinski definition) is 2. The van der Waals surface area contributed by atoms with Gasteiger partial charge in [0.25, 0.3) is 17.5 Å². The molecule has 1 saturated carbocycles. The summed E-state index contributed by atoms with van der Waals surface area (Å²) in [6.07, 6.45) is 5.38. The number of para-hydroxylation sites is 1. The van der Waals surface area contributed by atoms with E-state index in [2.05, 4.69) is 10.6 Å². The lowest BCUT2D eigenvalue weighted by atomic mass is 9.95. The van der Waals surface area contributed by atoms with Crippen molar-refractivity contribution in [3.8, 4) is 0 Å². The zero-order chi connectivity index (χ0) is 19.2. The first-order valence-electron chi connectivity index (χ1n) is 9.00. The lowest BCUT2D eigenvalue weighted by molar-refractivity contribution is -0.384. The van der Waals surface area contributed by atoms with Crippen LogP contribution in [0.2, 0.25) is 0 Å². The summed E-state index contributed by atoms with van der Waals surface area (Å²) < 4.78 is 0. The van der Waals surface area contributed by atoms with Crippen LogP contribution in [0.4, 0.5) is 11.4 Å². The summed E-state index contributed by atoms with van der Waals surface area (Å²) in [5.74, 6) is -0.635. The highest BCUT2D eigenvalue weighted by atomic mass is 16.6. The van der Waals surface area contributed by atoms with Gasteiger partial charge in [-0.15, -0.1) is 0 Å². The molecular weight excluding hydrogens is 346 g/mol. The molecule has 2 aromatic carbocycles. The van der Waals surface area contributed by atoms with E-state index in [0.29, 0.717) is 11.3 Å². The van der Waals surface area contributed by atoms with Crippen molar-refractivity contribution in [3.05, 3.63) is 69.8 Å². The lowest BCUT2D eigenvalue weighted by Crippen LogP contribution is -2.36. The van der Waals surface area contributed by atoms with Gasteiger partial charge in [0.2, 0.25) is 0 Å². The predicted octanol–water partition coefficient (Wildman–Crippen LogP) is 3.91. The third-order valence-corrected chi connectivity index (χ3v) is 4.70. The highest BCUT2D eigenvalue weighted by Gasteiger charge is 2.19. The molecule has 0 bridgehead atoms. The molecule has 1 aliphatic carbocycles. The van der Waals surface area contributed by atoms with E-state index in [-0.39, 0.29) is 23.2 Å². The van der Waals surface area contributed by atoms with Crippen LogP contribution in [0.3, 0.4) is 0 Å².